The Kier molecular flexibility index (Phi) is 7.35. The van der Waals surface area contributed by atoms with E-state index < -0.39 is 12.1 Å². The molecule has 0 radical (unpaired) electrons. The van der Waals surface area contributed by atoms with Crippen LogP contribution in [-0.4, -0.2) is 39.8 Å². The molecular formula is C36H38FN2O4+. The first-order valence-electron chi connectivity index (χ1n) is 15.0. The molecule has 2 aliphatic rings. The summed E-state index contributed by atoms with van der Waals surface area (Å²) in [6.07, 6.45) is 1.86. The number of amides is 1. The maximum atomic E-state index is 14.9. The first kappa shape index (κ1) is 29.0. The summed E-state index contributed by atoms with van der Waals surface area (Å²) in [6.45, 7) is 4.58. The number of hydrogen-bond donors (Lipinski definition) is 2. The highest BCUT2D eigenvalue weighted by Crippen LogP contribution is 2.54. The maximum Gasteiger partial charge on any atom is 0.358 e. The fourth-order valence-corrected chi connectivity index (χ4v) is 7.08. The van der Waals surface area contributed by atoms with Crippen molar-refractivity contribution in [2.75, 3.05) is 7.05 Å². The molecule has 0 saturated heterocycles. The average Bonchev–Trinajstić information content (AvgIpc) is 3.63. The lowest BCUT2D eigenvalue weighted by atomic mass is 9.88. The van der Waals surface area contributed by atoms with Crippen LogP contribution in [0.5, 0.6) is 0 Å². The molecule has 1 aliphatic carbocycles. The van der Waals surface area contributed by atoms with Gasteiger partial charge in [-0.05, 0) is 72.9 Å². The fraction of sp³-hybridized carbons (Fsp3) is 0.333. The van der Waals surface area contributed by atoms with Crippen LogP contribution < -0.4 is 4.48 Å². The predicted molar refractivity (Wildman–Crippen MR) is 167 cm³/mol. The van der Waals surface area contributed by atoms with E-state index in [9.17, 15) is 24.2 Å². The number of aromatic nitrogens is 1. The van der Waals surface area contributed by atoms with Gasteiger partial charge in [-0.2, -0.15) is 4.48 Å². The monoisotopic (exact) mass is 581 g/mol. The van der Waals surface area contributed by atoms with E-state index in [1.807, 2.05) is 55.6 Å². The Morgan fingerprint density at radius 3 is 2.26 bits per heavy atom. The number of nitrogens with zero attached hydrogens (tertiary/aromatic N) is 2. The number of halogens is 1. The molecule has 4 aromatic rings. The van der Waals surface area contributed by atoms with Crippen molar-refractivity contribution in [3.63, 3.8) is 0 Å². The van der Waals surface area contributed by atoms with Crippen LogP contribution in [0.2, 0.25) is 0 Å². The Morgan fingerprint density at radius 1 is 0.977 bits per heavy atom. The highest BCUT2D eigenvalue weighted by Gasteiger charge is 2.50. The first-order valence-corrected chi connectivity index (χ1v) is 15.0. The zero-order chi connectivity index (χ0) is 30.5. The molecule has 1 amide bonds. The molecule has 1 aliphatic heterocycles. The third-order valence-electron chi connectivity index (χ3n) is 9.35. The molecule has 2 atom stereocenters. The van der Waals surface area contributed by atoms with Gasteiger partial charge in [0.1, 0.15) is 17.1 Å². The molecular weight excluding hydrogens is 543 g/mol. The topological polar surface area (TPSA) is 79.5 Å². The van der Waals surface area contributed by atoms with Gasteiger partial charge in [-0.25, -0.2) is 9.18 Å². The highest BCUT2D eigenvalue weighted by molar-refractivity contribution is 6.19. The van der Waals surface area contributed by atoms with Crippen molar-refractivity contribution in [3.05, 3.63) is 95.9 Å². The van der Waals surface area contributed by atoms with E-state index in [-0.39, 0.29) is 34.0 Å². The molecule has 1 aromatic heterocycles. The number of rotatable bonds is 10. The predicted octanol–water partition coefficient (Wildman–Crippen LogP) is 7.90. The van der Waals surface area contributed by atoms with Crippen LogP contribution in [0.15, 0.2) is 78.9 Å². The Morgan fingerprint density at radius 2 is 1.63 bits per heavy atom. The minimum atomic E-state index is -0.833. The molecule has 0 bridgehead atoms. The van der Waals surface area contributed by atoms with Crippen LogP contribution in [0, 0.1) is 11.2 Å². The summed E-state index contributed by atoms with van der Waals surface area (Å²) in [5.41, 5.74) is 6.34. The number of aliphatic hydroxyl groups is 1. The lowest BCUT2D eigenvalue weighted by molar-refractivity contribution is -0.138. The summed E-state index contributed by atoms with van der Waals surface area (Å²) in [5.74, 6) is -1.24. The minimum Gasteiger partial charge on any atom is -0.481 e. The number of hydrogen-bond acceptors (Lipinski definition) is 3. The molecule has 222 valence electrons. The van der Waals surface area contributed by atoms with Crippen LogP contribution in [0.3, 0.4) is 0 Å². The summed E-state index contributed by atoms with van der Waals surface area (Å²) >= 11 is 0. The second-order valence-corrected chi connectivity index (χ2v) is 12.7. The minimum absolute atomic E-state index is 0.0169. The van der Waals surface area contributed by atoms with Crippen molar-refractivity contribution in [2.45, 2.75) is 64.5 Å². The van der Waals surface area contributed by atoms with Crippen LogP contribution >= 0.6 is 0 Å². The molecule has 43 heavy (non-hydrogen) atoms. The summed E-state index contributed by atoms with van der Waals surface area (Å²) in [4.78, 5) is 26.3. The normalized spacial score (nSPS) is 19.2. The number of aliphatic carboxylic acids is 1. The molecule has 2 heterocycles. The molecule has 1 saturated carbocycles. The van der Waals surface area contributed by atoms with Gasteiger partial charge in [0, 0.05) is 41.6 Å². The molecule has 6 nitrogen and oxygen atoms in total. The van der Waals surface area contributed by atoms with Crippen molar-refractivity contribution in [1.29, 1.82) is 0 Å². The van der Waals surface area contributed by atoms with Crippen LogP contribution in [-0.2, 0) is 11.3 Å². The van der Waals surface area contributed by atoms with Gasteiger partial charge in [0.2, 0.25) is 0 Å². The molecule has 0 spiro atoms. The quantitative estimate of drug-likeness (QED) is 0.187. The van der Waals surface area contributed by atoms with E-state index in [1.54, 1.807) is 12.1 Å². The zero-order valence-electron chi connectivity index (χ0n) is 24.9. The molecule has 1 unspecified atom stereocenters. The van der Waals surface area contributed by atoms with Gasteiger partial charge < -0.3 is 14.8 Å². The van der Waals surface area contributed by atoms with Crippen molar-refractivity contribution in [3.8, 4) is 22.4 Å². The molecule has 6 rings (SSSR count). The number of fused-ring (bicyclic) bond motifs is 3. The largest absolute Gasteiger partial charge is 0.481 e. The lowest BCUT2D eigenvalue weighted by Gasteiger charge is -2.36. The SMILES string of the molecule is CC(C)c1c2c(c(-c3ccc(F)cc3)n1CC[C@@H](O)CC1(CC(=O)O)CC1)-c1ccccc1[N+](C)(c1ccccc1)C2=O. The third-order valence-corrected chi connectivity index (χ3v) is 9.35. The average molecular weight is 582 g/mol. The third kappa shape index (κ3) is 5.00. The number of carboxylic acid groups (broad SMARTS) is 1. The van der Waals surface area contributed by atoms with E-state index in [1.165, 1.54) is 12.1 Å². The van der Waals surface area contributed by atoms with E-state index in [4.69, 9.17) is 0 Å². The van der Waals surface area contributed by atoms with Crippen molar-refractivity contribution in [2.24, 2.45) is 5.41 Å². The molecule has 1 fully saturated rings. The van der Waals surface area contributed by atoms with Gasteiger partial charge in [-0.3, -0.25) is 4.79 Å². The van der Waals surface area contributed by atoms with E-state index in [2.05, 4.69) is 24.5 Å². The first-order chi connectivity index (χ1) is 20.6. The fourth-order valence-electron chi connectivity index (χ4n) is 7.08. The standard InChI is InChI=1S/C36H37FN2O4/c1-23(2)33-32-31(28-11-7-8-12-29(28)39(3,35(32)43)26-9-5-4-6-10-26)34(24-13-15-25(37)16-14-24)38(33)20-17-27(40)21-36(18-19-36)22-30(41)42/h4-16,23,27,40H,17-22H2,1-3H3/p+1/t27-,39?/m1/s1. The lowest BCUT2D eigenvalue weighted by Crippen LogP contribution is -2.48. The summed E-state index contributed by atoms with van der Waals surface area (Å²) in [5, 5.41) is 20.5. The number of carbonyl (C=O) groups excluding carboxylic acids is 1. The van der Waals surface area contributed by atoms with Gasteiger partial charge >= 0.3 is 11.9 Å². The zero-order valence-corrected chi connectivity index (χ0v) is 24.9. The Hall–Kier alpha value is -4.07. The number of carbonyl (C=O) groups is 2. The molecule has 2 N–H and O–H groups in total. The van der Waals surface area contributed by atoms with Gasteiger partial charge in [0.15, 0.2) is 5.69 Å². The van der Waals surface area contributed by atoms with Gasteiger partial charge in [-0.15, -0.1) is 0 Å². The van der Waals surface area contributed by atoms with Crippen LogP contribution in [0.4, 0.5) is 15.8 Å². The summed E-state index contributed by atoms with van der Waals surface area (Å²) in [7, 11) is 1.94. The summed E-state index contributed by atoms with van der Waals surface area (Å²) in [6, 6.07) is 24.2. The van der Waals surface area contributed by atoms with E-state index in [0.717, 1.165) is 52.3 Å². The van der Waals surface area contributed by atoms with Crippen molar-refractivity contribution >= 4 is 23.3 Å². The maximum absolute atomic E-state index is 14.9. The molecule has 3 aromatic carbocycles. The van der Waals surface area contributed by atoms with Crippen molar-refractivity contribution < 1.29 is 24.2 Å². The van der Waals surface area contributed by atoms with Crippen LogP contribution in [0.1, 0.15) is 67.9 Å². The van der Waals surface area contributed by atoms with Gasteiger partial charge in [-0.1, -0.05) is 44.2 Å². The second kappa shape index (κ2) is 10.9. The number of para-hydroxylation sites is 2. The summed E-state index contributed by atoms with van der Waals surface area (Å²) < 4.78 is 16.3. The number of quaternary nitrogens is 1. The van der Waals surface area contributed by atoms with Gasteiger partial charge in [0.25, 0.3) is 0 Å². The van der Waals surface area contributed by atoms with Gasteiger partial charge in [0.05, 0.1) is 25.3 Å². The number of aliphatic hydroxyl groups excluding tert-OH is 1. The molecule has 7 heteroatoms. The Balaban J connectivity index is 1.54. The van der Waals surface area contributed by atoms with Crippen LogP contribution in [0.25, 0.3) is 22.4 Å². The smallest absolute Gasteiger partial charge is 0.358 e. The van der Waals surface area contributed by atoms with E-state index in [0.29, 0.717) is 24.9 Å². The highest BCUT2D eigenvalue weighted by atomic mass is 19.1. The Labute approximate surface area is 251 Å². The number of benzene rings is 3. The second-order valence-electron chi connectivity index (χ2n) is 12.7. The van der Waals surface area contributed by atoms with E-state index >= 15 is 0 Å². The number of carboxylic acids is 1. The Bertz CT molecular complexity index is 1690. The van der Waals surface area contributed by atoms with Crippen molar-refractivity contribution in [1.82, 2.24) is 9.05 Å².